The number of rotatable bonds is 8. The van der Waals surface area contributed by atoms with Crippen LogP contribution in [-0.4, -0.2) is 26.2 Å². The van der Waals surface area contributed by atoms with Gasteiger partial charge in [0.05, 0.1) is 24.8 Å². The molecule has 0 spiro atoms. The molecule has 0 aliphatic rings. The van der Waals surface area contributed by atoms with Gasteiger partial charge in [-0.1, -0.05) is 0 Å². The zero-order valence-corrected chi connectivity index (χ0v) is 17.5. The molecule has 2 aromatic rings. The molecule has 2 aromatic carbocycles. The van der Waals surface area contributed by atoms with E-state index in [2.05, 4.69) is 21.2 Å². The average molecular weight is 445 g/mol. The van der Waals surface area contributed by atoms with Crippen molar-refractivity contribution in [3.05, 3.63) is 52.0 Å². The Morgan fingerprint density at radius 3 is 2.43 bits per heavy atom. The highest BCUT2D eigenvalue weighted by atomic mass is 79.9. The fourth-order valence-electron chi connectivity index (χ4n) is 2.41. The van der Waals surface area contributed by atoms with Crippen LogP contribution < -0.4 is 19.5 Å². The molecule has 0 radical (unpaired) electrons. The van der Waals surface area contributed by atoms with Crippen LogP contribution in [0.4, 0.5) is 5.69 Å². The van der Waals surface area contributed by atoms with E-state index in [1.54, 1.807) is 43.5 Å². The number of methoxy groups -OCH3 is 1. The number of halogens is 1. The van der Waals surface area contributed by atoms with Crippen LogP contribution in [0.2, 0.25) is 0 Å². The van der Waals surface area contributed by atoms with E-state index in [-0.39, 0.29) is 5.57 Å². The molecule has 0 aliphatic heterocycles. The predicted octanol–water partition coefficient (Wildman–Crippen LogP) is 4.80. The first-order valence-electron chi connectivity index (χ1n) is 8.68. The number of nitrogens with one attached hydrogen (secondary N) is 1. The lowest BCUT2D eigenvalue weighted by atomic mass is 10.1. The van der Waals surface area contributed by atoms with Crippen LogP contribution in [0.25, 0.3) is 6.08 Å². The molecule has 0 saturated heterocycles. The monoisotopic (exact) mass is 444 g/mol. The second-order valence-electron chi connectivity index (χ2n) is 5.55. The van der Waals surface area contributed by atoms with Gasteiger partial charge < -0.3 is 19.5 Å². The van der Waals surface area contributed by atoms with Crippen molar-refractivity contribution in [3.63, 3.8) is 0 Å². The molecule has 7 heteroatoms. The van der Waals surface area contributed by atoms with Gasteiger partial charge in [0.25, 0.3) is 5.91 Å². The van der Waals surface area contributed by atoms with Crippen LogP contribution in [0.5, 0.6) is 17.2 Å². The fourth-order valence-corrected chi connectivity index (χ4v) is 2.98. The molecule has 0 saturated carbocycles. The molecule has 0 fully saturated rings. The molecular weight excluding hydrogens is 424 g/mol. The quantitative estimate of drug-likeness (QED) is 0.467. The van der Waals surface area contributed by atoms with E-state index in [1.165, 1.54) is 6.08 Å². The van der Waals surface area contributed by atoms with Crippen molar-refractivity contribution in [2.24, 2.45) is 0 Å². The van der Waals surface area contributed by atoms with E-state index in [0.717, 1.165) is 0 Å². The highest BCUT2D eigenvalue weighted by molar-refractivity contribution is 9.10. The first kappa shape index (κ1) is 21.3. The first-order valence-corrected chi connectivity index (χ1v) is 9.48. The highest BCUT2D eigenvalue weighted by Crippen LogP contribution is 2.37. The van der Waals surface area contributed by atoms with Crippen LogP contribution in [0.1, 0.15) is 19.4 Å². The summed E-state index contributed by atoms with van der Waals surface area (Å²) in [7, 11) is 1.57. The molecule has 28 heavy (non-hydrogen) atoms. The van der Waals surface area contributed by atoms with Crippen LogP contribution in [0, 0.1) is 11.3 Å². The van der Waals surface area contributed by atoms with Gasteiger partial charge in [-0.25, -0.2) is 0 Å². The van der Waals surface area contributed by atoms with Crippen molar-refractivity contribution in [2.45, 2.75) is 13.8 Å². The van der Waals surface area contributed by atoms with Gasteiger partial charge in [0, 0.05) is 5.69 Å². The van der Waals surface area contributed by atoms with Crippen LogP contribution in [0.15, 0.2) is 46.4 Å². The molecule has 0 unspecified atom stereocenters. The molecule has 1 amide bonds. The predicted molar refractivity (Wildman–Crippen MR) is 112 cm³/mol. The Hall–Kier alpha value is -2.98. The van der Waals surface area contributed by atoms with Gasteiger partial charge in [0.1, 0.15) is 17.4 Å². The number of anilines is 1. The molecule has 0 aromatic heterocycles. The summed E-state index contributed by atoms with van der Waals surface area (Å²) in [6.07, 6.45) is 1.50. The van der Waals surface area contributed by atoms with E-state index in [0.29, 0.717) is 46.2 Å². The molecule has 2 rings (SSSR count). The summed E-state index contributed by atoms with van der Waals surface area (Å²) >= 11 is 3.46. The van der Waals surface area contributed by atoms with Crippen LogP contribution in [0.3, 0.4) is 0 Å². The highest BCUT2D eigenvalue weighted by Gasteiger charge is 2.14. The summed E-state index contributed by atoms with van der Waals surface area (Å²) in [5, 5.41) is 12.1. The van der Waals surface area contributed by atoms with E-state index in [1.807, 2.05) is 19.9 Å². The lowest BCUT2D eigenvalue weighted by Gasteiger charge is -2.13. The topological polar surface area (TPSA) is 80.6 Å². The molecular formula is C21H21BrN2O4. The van der Waals surface area contributed by atoms with Crippen molar-refractivity contribution in [2.75, 3.05) is 25.6 Å². The lowest BCUT2D eigenvalue weighted by molar-refractivity contribution is -0.112. The zero-order chi connectivity index (χ0) is 20.5. The SMILES string of the molecule is CCOc1cc(/C=C(/C#N)C(=O)Nc2ccc(OC)cc2)cc(Br)c1OCC. The van der Waals surface area contributed by atoms with Gasteiger partial charge in [0.2, 0.25) is 0 Å². The number of carbonyl (C=O) groups excluding carboxylic acids is 1. The van der Waals surface area contributed by atoms with Gasteiger partial charge in [0.15, 0.2) is 11.5 Å². The molecule has 0 aliphatic carbocycles. The van der Waals surface area contributed by atoms with E-state index < -0.39 is 5.91 Å². The maximum atomic E-state index is 12.5. The van der Waals surface area contributed by atoms with Gasteiger partial charge in [-0.15, -0.1) is 0 Å². The third-order valence-corrected chi connectivity index (χ3v) is 4.23. The van der Waals surface area contributed by atoms with Crippen molar-refractivity contribution in [1.82, 2.24) is 0 Å². The van der Waals surface area contributed by atoms with Gasteiger partial charge in [-0.05, 0) is 77.8 Å². The van der Waals surface area contributed by atoms with Crippen molar-refractivity contribution in [1.29, 1.82) is 5.26 Å². The number of benzene rings is 2. The molecule has 0 atom stereocenters. The Balaban J connectivity index is 2.29. The summed E-state index contributed by atoms with van der Waals surface area (Å²) in [6.45, 7) is 4.70. The van der Waals surface area contributed by atoms with Gasteiger partial charge in [-0.3, -0.25) is 4.79 Å². The lowest BCUT2D eigenvalue weighted by Crippen LogP contribution is -2.13. The Morgan fingerprint density at radius 2 is 1.86 bits per heavy atom. The van der Waals surface area contributed by atoms with E-state index in [4.69, 9.17) is 14.2 Å². The van der Waals surface area contributed by atoms with E-state index in [9.17, 15) is 10.1 Å². The number of nitrogens with zero attached hydrogens (tertiary/aromatic N) is 1. The Labute approximate surface area is 172 Å². The number of hydrogen-bond acceptors (Lipinski definition) is 5. The van der Waals surface area contributed by atoms with Crippen LogP contribution in [-0.2, 0) is 4.79 Å². The fraction of sp³-hybridized carbons (Fsp3) is 0.238. The average Bonchev–Trinajstić information content (AvgIpc) is 2.69. The summed E-state index contributed by atoms with van der Waals surface area (Å²) in [4.78, 5) is 12.5. The number of carbonyl (C=O) groups is 1. The van der Waals surface area contributed by atoms with Crippen molar-refractivity contribution >= 4 is 33.6 Å². The molecule has 0 heterocycles. The first-order chi connectivity index (χ1) is 13.5. The normalized spacial score (nSPS) is 10.8. The Kier molecular flexibility index (Phi) is 7.90. The largest absolute Gasteiger partial charge is 0.497 e. The summed E-state index contributed by atoms with van der Waals surface area (Å²) in [6, 6.07) is 12.3. The Morgan fingerprint density at radius 1 is 1.18 bits per heavy atom. The molecule has 146 valence electrons. The standard InChI is InChI=1S/C21H21BrN2O4/c1-4-27-19-12-14(11-18(22)20(19)28-5-2)10-15(13-23)21(25)24-16-6-8-17(26-3)9-7-16/h6-12H,4-5H2,1-3H3,(H,24,25)/b15-10-. The second-order valence-corrected chi connectivity index (χ2v) is 6.40. The van der Waals surface area contributed by atoms with Crippen molar-refractivity contribution in [3.8, 4) is 23.3 Å². The summed E-state index contributed by atoms with van der Waals surface area (Å²) < 4.78 is 17.0. The second kappa shape index (κ2) is 10.4. The third kappa shape index (κ3) is 5.51. The minimum absolute atomic E-state index is 0.0330. The minimum atomic E-state index is -0.504. The van der Waals surface area contributed by atoms with Crippen molar-refractivity contribution < 1.29 is 19.0 Å². The smallest absolute Gasteiger partial charge is 0.266 e. The van der Waals surface area contributed by atoms with Gasteiger partial charge in [-0.2, -0.15) is 5.26 Å². The zero-order valence-electron chi connectivity index (χ0n) is 15.9. The number of hydrogen-bond donors (Lipinski definition) is 1. The number of nitriles is 1. The molecule has 1 N–H and O–H groups in total. The Bertz CT molecular complexity index is 902. The molecule has 6 nitrogen and oxygen atoms in total. The molecule has 0 bridgehead atoms. The maximum Gasteiger partial charge on any atom is 0.266 e. The third-order valence-electron chi connectivity index (χ3n) is 3.64. The number of amides is 1. The number of ether oxygens (including phenoxy) is 3. The summed E-state index contributed by atoms with van der Waals surface area (Å²) in [5.41, 5.74) is 1.17. The van der Waals surface area contributed by atoms with Crippen LogP contribution >= 0.6 is 15.9 Å². The minimum Gasteiger partial charge on any atom is -0.497 e. The van der Waals surface area contributed by atoms with E-state index >= 15 is 0 Å². The summed E-state index contributed by atoms with van der Waals surface area (Å²) in [5.74, 6) is 1.30. The van der Waals surface area contributed by atoms with Gasteiger partial charge >= 0.3 is 0 Å². The maximum absolute atomic E-state index is 12.5.